The van der Waals surface area contributed by atoms with Gasteiger partial charge < -0.3 is 10.4 Å². The highest BCUT2D eigenvalue weighted by molar-refractivity contribution is 5.66. The average Bonchev–Trinajstić information content (AvgIpc) is 2.08. The Kier molecular flexibility index (Phi) is 4.78. The van der Waals surface area contributed by atoms with E-state index in [0.29, 0.717) is 11.5 Å². The molecule has 1 aliphatic carbocycles. The molecule has 0 heterocycles. The highest BCUT2D eigenvalue weighted by Gasteiger charge is 2.31. The first-order chi connectivity index (χ1) is 7.39. The first-order valence-electron chi connectivity index (χ1n) is 6.34. The van der Waals surface area contributed by atoms with Crippen LogP contribution < -0.4 is 5.32 Å². The predicted molar refractivity (Wildman–Crippen MR) is 65.5 cm³/mol. The first-order valence-corrected chi connectivity index (χ1v) is 6.34. The molecule has 2 unspecified atom stereocenters. The van der Waals surface area contributed by atoms with E-state index in [0.717, 1.165) is 18.9 Å². The van der Waals surface area contributed by atoms with Crippen molar-refractivity contribution < 1.29 is 9.90 Å². The Bertz CT molecular complexity index is 238. The fourth-order valence-corrected chi connectivity index (χ4v) is 3.05. The Hall–Kier alpha value is -0.570. The quantitative estimate of drug-likeness (QED) is 0.710. The van der Waals surface area contributed by atoms with Crippen LogP contribution in [0.25, 0.3) is 0 Å². The van der Waals surface area contributed by atoms with Crippen LogP contribution >= 0.6 is 0 Å². The molecule has 0 aliphatic heterocycles. The maximum atomic E-state index is 10.4. The molecule has 0 spiro atoms. The summed E-state index contributed by atoms with van der Waals surface area (Å²) in [5, 5.41) is 12.0. The largest absolute Gasteiger partial charge is 0.481 e. The third-order valence-electron chi connectivity index (χ3n) is 3.39. The maximum Gasteiger partial charge on any atom is 0.303 e. The van der Waals surface area contributed by atoms with Crippen molar-refractivity contribution in [3.8, 4) is 0 Å². The molecule has 0 aromatic rings. The van der Waals surface area contributed by atoms with Crippen LogP contribution in [0.3, 0.4) is 0 Å². The molecule has 2 atom stereocenters. The van der Waals surface area contributed by atoms with E-state index < -0.39 is 5.97 Å². The average molecular weight is 227 g/mol. The smallest absolute Gasteiger partial charge is 0.303 e. The van der Waals surface area contributed by atoms with E-state index in [1.165, 1.54) is 19.3 Å². The van der Waals surface area contributed by atoms with Gasteiger partial charge in [-0.25, -0.2) is 0 Å². The summed E-state index contributed by atoms with van der Waals surface area (Å²) in [5.74, 6) is 0.0832. The first kappa shape index (κ1) is 13.5. The van der Waals surface area contributed by atoms with Crippen molar-refractivity contribution in [3.63, 3.8) is 0 Å². The summed E-state index contributed by atoms with van der Waals surface area (Å²) in [6.07, 6.45) is 4.76. The van der Waals surface area contributed by atoms with Crippen LogP contribution in [0, 0.1) is 11.3 Å². The summed E-state index contributed by atoms with van der Waals surface area (Å²) in [5.41, 5.74) is 0.433. The standard InChI is InChI=1S/C13H25NO2/c1-10-7-11(9-13(2,3)8-10)14-6-4-5-12(15)16/h10-11,14H,4-9H2,1-3H3,(H,15,16). The van der Waals surface area contributed by atoms with Gasteiger partial charge >= 0.3 is 5.97 Å². The Labute approximate surface area is 98.6 Å². The normalized spacial score (nSPS) is 28.9. The van der Waals surface area contributed by atoms with Crippen molar-refractivity contribution in [1.29, 1.82) is 0 Å². The lowest BCUT2D eigenvalue weighted by Gasteiger charge is -2.39. The van der Waals surface area contributed by atoms with Crippen LogP contribution in [0.5, 0.6) is 0 Å². The highest BCUT2D eigenvalue weighted by Crippen LogP contribution is 2.38. The van der Waals surface area contributed by atoms with Gasteiger partial charge in [-0.05, 0) is 43.6 Å². The third kappa shape index (κ3) is 4.97. The Morgan fingerprint density at radius 1 is 1.44 bits per heavy atom. The monoisotopic (exact) mass is 227 g/mol. The van der Waals surface area contributed by atoms with E-state index in [1.54, 1.807) is 0 Å². The summed E-state index contributed by atoms with van der Waals surface area (Å²) in [6.45, 7) is 7.80. The van der Waals surface area contributed by atoms with E-state index in [-0.39, 0.29) is 6.42 Å². The lowest BCUT2D eigenvalue weighted by molar-refractivity contribution is -0.137. The number of rotatable bonds is 5. The van der Waals surface area contributed by atoms with E-state index in [2.05, 4.69) is 26.1 Å². The van der Waals surface area contributed by atoms with Crippen molar-refractivity contribution in [2.45, 2.75) is 58.9 Å². The molecule has 0 bridgehead atoms. The van der Waals surface area contributed by atoms with Crippen LogP contribution in [0.4, 0.5) is 0 Å². The van der Waals surface area contributed by atoms with Gasteiger partial charge in [-0.2, -0.15) is 0 Å². The lowest BCUT2D eigenvalue weighted by atomic mass is 9.70. The lowest BCUT2D eigenvalue weighted by Crippen LogP contribution is -2.40. The second-order valence-electron chi connectivity index (χ2n) is 6.06. The molecule has 16 heavy (non-hydrogen) atoms. The fraction of sp³-hybridized carbons (Fsp3) is 0.923. The number of carboxylic acid groups (broad SMARTS) is 1. The predicted octanol–water partition coefficient (Wildman–Crippen LogP) is 2.66. The van der Waals surface area contributed by atoms with E-state index in [9.17, 15) is 4.79 Å². The van der Waals surface area contributed by atoms with Crippen molar-refractivity contribution in [2.24, 2.45) is 11.3 Å². The molecule has 1 saturated carbocycles. The molecular formula is C13H25NO2. The molecular weight excluding hydrogens is 202 g/mol. The summed E-state index contributed by atoms with van der Waals surface area (Å²) in [7, 11) is 0. The van der Waals surface area contributed by atoms with Crippen LogP contribution in [0.15, 0.2) is 0 Å². The zero-order valence-corrected chi connectivity index (χ0v) is 10.8. The van der Waals surface area contributed by atoms with Gasteiger partial charge in [0.05, 0.1) is 0 Å². The Morgan fingerprint density at radius 2 is 2.12 bits per heavy atom. The van der Waals surface area contributed by atoms with Gasteiger partial charge in [0, 0.05) is 12.5 Å². The maximum absolute atomic E-state index is 10.4. The summed E-state index contributed by atoms with van der Waals surface area (Å²) in [6, 6.07) is 0.576. The second kappa shape index (κ2) is 5.67. The summed E-state index contributed by atoms with van der Waals surface area (Å²) in [4.78, 5) is 10.4. The van der Waals surface area contributed by atoms with E-state index in [4.69, 9.17) is 5.11 Å². The minimum Gasteiger partial charge on any atom is -0.481 e. The number of hydrogen-bond donors (Lipinski definition) is 2. The Balaban J connectivity index is 2.23. The van der Waals surface area contributed by atoms with Crippen molar-refractivity contribution in [2.75, 3.05) is 6.54 Å². The van der Waals surface area contributed by atoms with Crippen LogP contribution in [0.1, 0.15) is 52.9 Å². The molecule has 1 aliphatic rings. The molecule has 3 nitrogen and oxygen atoms in total. The van der Waals surface area contributed by atoms with Gasteiger partial charge in [0.15, 0.2) is 0 Å². The van der Waals surface area contributed by atoms with E-state index >= 15 is 0 Å². The molecule has 0 amide bonds. The number of carbonyl (C=O) groups is 1. The molecule has 0 aromatic carbocycles. The van der Waals surface area contributed by atoms with Gasteiger partial charge in [0.25, 0.3) is 0 Å². The number of carboxylic acids is 1. The van der Waals surface area contributed by atoms with E-state index in [1.807, 2.05) is 0 Å². The summed E-state index contributed by atoms with van der Waals surface area (Å²) >= 11 is 0. The highest BCUT2D eigenvalue weighted by atomic mass is 16.4. The zero-order chi connectivity index (χ0) is 12.2. The molecule has 3 heteroatoms. The molecule has 1 fully saturated rings. The van der Waals surface area contributed by atoms with Gasteiger partial charge in [0.2, 0.25) is 0 Å². The minimum absolute atomic E-state index is 0.276. The molecule has 0 radical (unpaired) electrons. The van der Waals surface area contributed by atoms with Crippen molar-refractivity contribution in [3.05, 3.63) is 0 Å². The molecule has 1 rings (SSSR count). The van der Waals surface area contributed by atoms with Gasteiger partial charge in [-0.3, -0.25) is 4.79 Å². The molecule has 94 valence electrons. The van der Waals surface area contributed by atoms with Gasteiger partial charge in [-0.15, -0.1) is 0 Å². The Morgan fingerprint density at radius 3 is 2.69 bits per heavy atom. The minimum atomic E-state index is -0.695. The fourth-order valence-electron chi connectivity index (χ4n) is 3.05. The number of nitrogens with one attached hydrogen (secondary N) is 1. The molecule has 0 aromatic heterocycles. The zero-order valence-electron chi connectivity index (χ0n) is 10.8. The third-order valence-corrected chi connectivity index (χ3v) is 3.39. The molecule has 2 N–H and O–H groups in total. The summed E-state index contributed by atoms with van der Waals surface area (Å²) < 4.78 is 0. The SMILES string of the molecule is CC1CC(NCCCC(=O)O)CC(C)(C)C1. The topological polar surface area (TPSA) is 49.3 Å². The van der Waals surface area contributed by atoms with Crippen LogP contribution in [-0.2, 0) is 4.79 Å². The van der Waals surface area contributed by atoms with Crippen LogP contribution in [-0.4, -0.2) is 23.7 Å². The van der Waals surface area contributed by atoms with Gasteiger partial charge in [-0.1, -0.05) is 20.8 Å². The van der Waals surface area contributed by atoms with Crippen LogP contribution in [0.2, 0.25) is 0 Å². The number of aliphatic carboxylic acids is 1. The van der Waals surface area contributed by atoms with Crippen molar-refractivity contribution >= 4 is 5.97 Å². The molecule has 0 saturated heterocycles. The second-order valence-corrected chi connectivity index (χ2v) is 6.06. The number of hydrogen-bond acceptors (Lipinski definition) is 2. The van der Waals surface area contributed by atoms with Gasteiger partial charge in [0.1, 0.15) is 0 Å². The van der Waals surface area contributed by atoms with Crippen molar-refractivity contribution in [1.82, 2.24) is 5.32 Å².